The third kappa shape index (κ3) is 3.08. The van der Waals surface area contributed by atoms with Gasteiger partial charge >= 0.3 is 0 Å². The van der Waals surface area contributed by atoms with E-state index in [-0.39, 0.29) is 5.78 Å². The Kier molecular flexibility index (Phi) is 3.53. The Balaban J connectivity index is 1.86. The fraction of sp³-hybridized carbons (Fsp3) is 0.136. The number of ketones is 1. The molecule has 0 fully saturated rings. The number of H-pyrrole nitrogens is 2. The molecule has 132 valence electrons. The van der Waals surface area contributed by atoms with Gasteiger partial charge in [-0.25, -0.2) is 4.98 Å². The Bertz CT molecular complexity index is 1260. The maximum absolute atomic E-state index is 12.1. The molecule has 0 aliphatic carbocycles. The maximum Gasteiger partial charge on any atom is 0.161 e. The summed E-state index contributed by atoms with van der Waals surface area (Å²) in [6.45, 7) is 1.58. The van der Waals surface area contributed by atoms with Crippen LogP contribution in [0.3, 0.4) is 0 Å². The molecule has 2 aliphatic heterocycles. The minimum Gasteiger partial charge on any atom is -0.355 e. The summed E-state index contributed by atoms with van der Waals surface area (Å²) in [7, 11) is 0. The maximum atomic E-state index is 12.1. The molecule has 0 saturated carbocycles. The molecule has 3 aromatic rings. The molecule has 0 atom stereocenters. The van der Waals surface area contributed by atoms with Crippen LogP contribution < -0.4 is 0 Å². The van der Waals surface area contributed by atoms with Crippen LogP contribution in [0.4, 0.5) is 0 Å². The molecular weight excluding hydrogens is 336 g/mol. The van der Waals surface area contributed by atoms with Crippen molar-refractivity contribution in [2.75, 3.05) is 0 Å². The van der Waals surface area contributed by atoms with Crippen LogP contribution in [0.2, 0.25) is 0 Å². The number of aryl methyl sites for hydroxylation is 2. The standard InChI is InChI=1S/C22H18N4O/c1-13(27)21-11-20-10-18-5-4-16(24-18)8-14-2-3-15(23-14)9-17-6-7-19(25-17)12-22(21)26-20/h2-3,6-12,23,26H,4-5H2,1H3. The molecule has 3 aromatic heterocycles. The highest BCUT2D eigenvalue weighted by Gasteiger charge is 2.09. The van der Waals surface area contributed by atoms with Gasteiger partial charge in [-0.05, 0) is 74.4 Å². The Morgan fingerprint density at radius 3 is 2.22 bits per heavy atom. The van der Waals surface area contributed by atoms with Gasteiger partial charge in [-0.15, -0.1) is 0 Å². The highest BCUT2D eigenvalue weighted by molar-refractivity contribution is 6.02. The van der Waals surface area contributed by atoms with Crippen LogP contribution >= 0.6 is 0 Å². The van der Waals surface area contributed by atoms with E-state index in [2.05, 4.69) is 27.1 Å². The minimum absolute atomic E-state index is 0.0287. The Morgan fingerprint density at radius 1 is 0.815 bits per heavy atom. The zero-order chi connectivity index (χ0) is 18.4. The molecule has 5 heterocycles. The van der Waals surface area contributed by atoms with Crippen molar-refractivity contribution in [1.29, 1.82) is 0 Å². The summed E-state index contributed by atoms with van der Waals surface area (Å²) in [5.74, 6) is 0.0287. The number of aromatic nitrogens is 4. The van der Waals surface area contributed by atoms with E-state index in [1.165, 1.54) is 0 Å². The zero-order valence-electron chi connectivity index (χ0n) is 14.9. The predicted molar refractivity (Wildman–Crippen MR) is 107 cm³/mol. The van der Waals surface area contributed by atoms with E-state index < -0.39 is 0 Å². The fourth-order valence-corrected chi connectivity index (χ4v) is 3.56. The Morgan fingerprint density at radius 2 is 1.48 bits per heavy atom. The number of Topliss-reactive ketones (excluding diaryl/α,β-unsaturated/α-hetero) is 1. The highest BCUT2D eigenvalue weighted by Crippen LogP contribution is 2.19. The van der Waals surface area contributed by atoms with Crippen molar-refractivity contribution in [3.8, 4) is 0 Å². The van der Waals surface area contributed by atoms with Gasteiger partial charge < -0.3 is 9.97 Å². The molecule has 5 rings (SSSR count). The summed E-state index contributed by atoms with van der Waals surface area (Å²) in [5.41, 5.74) is 8.13. The van der Waals surface area contributed by atoms with E-state index in [0.717, 1.165) is 57.7 Å². The molecule has 5 nitrogen and oxygen atoms in total. The normalized spacial score (nSPS) is 13.1. The van der Waals surface area contributed by atoms with Gasteiger partial charge in [0.2, 0.25) is 0 Å². The number of nitrogens with zero attached hydrogens (tertiary/aromatic N) is 2. The Labute approximate surface area is 155 Å². The number of rotatable bonds is 1. The van der Waals surface area contributed by atoms with Crippen LogP contribution in [-0.4, -0.2) is 25.7 Å². The van der Waals surface area contributed by atoms with E-state index >= 15 is 0 Å². The minimum atomic E-state index is 0.0287. The van der Waals surface area contributed by atoms with Crippen LogP contribution in [0, 0.1) is 0 Å². The van der Waals surface area contributed by atoms with Crippen molar-refractivity contribution < 1.29 is 4.79 Å². The van der Waals surface area contributed by atoms with Crippen molar-refractivity contribution in [3.05, 3.63) is 70.8 Å². The summed E-state index contributed by atoms with van der Waals surface area (Å²) < 4.78 is 0. The molecule has 0 saturated heterocycles. The molecule has 2 N–H and O–H groups in total. The first kappa shape index (κ1) is 15.8. The fourth-order valence-electron chi connectivity index (χ4n) is 3.56. The van der Waals surface area contributed by atoms with Crippen molar-refractivity contribution >= 4 is 40.0 Å². The van der Waals surface area contributed by atoms with Crippen molar-refractivity contribution in [3.63, 3.8) is 0 Å². The third-order valence-electron chi connectivity index (χ3n) is 4.83. The summed E-state index contributed by atoms with van der Waals surface area (Å²) in [4.78, 5) is 28.2. The summed E-state index contributed by atoms with van der Waals surface area (Å²) in [6, 6.07) is 14.0. The first-order valence-corrected chi connectivity index (χ1v) is 9.01. The van der Waals surface area contributed by atoms with E-state index in [9.17, 15) is 4.79 Å². The second-order valence-electron chi connectivity index (χ2n) is 6.94. The van der Waals surface area contributed by atoms with Crippen LogP contribution in [0.25, 0.3) is 34.2 Å². The number of aromatic amines is 2. The monoisotopic (exact) mass is 354 g/mol. The van der Waals surface area contributed by atoms with E-state index in [0.29, 0.717) is 5.56 Å². The number of nitrogens with one attached hydrogen (secondary N) is 2. The van der Waals surface area contributed by atoms with Crippen LogP contribution in [0.5, 0.6) is 0 Å². The van der Waals surface area contributed by atoms with E-state index in [4.69, 9.17) is 4.98 Å². The zero-order valence-corrected chi connectivity index (χ0v) is 14.9. The summed E-state index contributed by atoms with van der Waals surface area (Å²) in [5, 5.41) is 0. The Hall–Kier alpha value is -3.47. The highest BCUT2D eigenvalue weighted by atomic mass is 16.1. The lowest BCUT2D eigenvalue weighted by Crippen LogP contribution is -1.88. The lowest BCUT2D eigenvalue weighted by atomic mass is 10.2. The van der Waals surface area contributed by atoms with Gasteiger partial charge in [0, 0.05) is 33.5 Å². The lowest BCUT2D eigenvalue weighted by Gasteiger charge is -1.89. The molecule has 0 spiro atoms. The van der Waals surface area contributed by atoms with Gasteiger partial charge in [0.15, 0.2) is 5.78 Å². The third-order valence-corrected chi connectivity index (χ3v) is 4.83. The van der Waals surface area contributed by atoms with E-state index in [1.54, 1.807) is 6.92 Å². The van der Waals surface area contributed by atoms with Crippen LogP contribution in [0.15, 0.2) is 42.5 Å². The van der Waals surface area contributed by atoms with E-state index in [1.807, 2.05) is 42.5 Å². The van der Waals surface area contributed by atoms with Crippen LogP contribution in [-0.2, 0) is 12.8 Å². The summed E-state index contributed by atoms with van der Waals surface area (Å²) >= 11 is 0. The second-order valence-corrected chi connectivity index (χ2v) is 6.94. The molecule has 5 heteroatoms. The first-order valence-electron chi connectivity index (χ1n) is 9.01. The quantitative estimate of drug-likeness (QED) is 0.495. The number of hydrogen-bond acceptors (Lipinski definition) is 3. The number of fused-ring (bicyclic) bond motifs is 8. The number of carbonyl (C=O) groups excluding carboxylic acids is 1. The molecule has 0 aromatic carbocycles. The SMILES string of the molecule is CC(=O)c1cc2cc3nc(cc4ccc(cc5nc(cc1[nH]2)C=C5)[nH]4)CC3. The van der Waals surface area contributed by atoms with Crippen molar-refractivity contribution in [2.45, 2.75) is 19.8 Å². The largest absolute Gasteiger partial charge is 0.355 e. The average molecular weight is 354 g/mol. The molecule has 2 aliphatic rings. The molecule has 0 unspecified atom stereocenters. The molecular formula is C22H18N4O. The van der Waals surface area contributed by atoms with Gasteiger partial charge in [-0.3, -0.25) is 9.78 Å². The first-order chi connectivity index (χ1) is 13.1. The average Bonchev–Trinajstić information content (AvgIpc) is 3.38. The van der Waals surface area contributed by atoms with Gasteiger partial charge in [-0.1, -0.05) is 0 Å². The van der Waals surface area contributed by atoms with Gasteiger partial charge in [0.25, 0.3) is 0 Å². The number of hydrogen-bond donors (Lipinski definition) is 2. The van der Waals surface area contributed by atoms with Crippen molar-refractivity contribution in [2.24, 2.45) is 0 Å². The van der Waals surface area contributed by atoms with Gasteiger partial charge in [-0.2, -0.15) is 0 Å². The van der Waals surface area contributed by atoms with Crippen LogP contribution in [0.1, 0.15) is 40.1 Å². The van der Waals surface area contributed by atoms with Gasteiger partial charge in [0.05, 0.1) is 16.9 Å². The summed E-state index contributed by atoms with van der Waals surface area (Å²) in [6.07, 6.45) is 5.73. The molecule has 0 amide bonds. The van der Waals surface area contributed by atoms with Crippen molar-refractivity contribution in [1.82, 2.24) is 19.9 Å². The molecule has 0 radical (unpaired) electrons. The molecule has 27 heavy (non-hydrogen) atoms. The lowest BCUT2D eigenvalue weighted by molar-refractivity contribution is 0.101. The predicted octanol–water partition coefficient (Wildman–Crippen LogP) is 4.47. The number of carbonyl (C=O) groups is 1. The topological polar surface area (TPSA) is 74.4 Å². The second kappa shape index (κ2) is 6.06. The van der Waals surface area contributed by atoms with Gasteiger partial charge in [0.1, 0.15) is 0 Å². The molecule has 8 bridgehead atoms. The smallest absolute Gasteiger partial charge is 0.161 e.